The molecule has 0 atom stereocenters. The standard InChI is InChI=1S/C17H28N4O3S/c1-24-11-10-20-25(22,23)16-9-5-6-14(12-16)13-19-17(18)21-15-7-3-2-4-8-15/h5-6,9,12,15,20H,2-4,7-8,10-11,13H2,1H3,(H3,18,19,21). The lowest BCUT2D eigenvalue weighted by Gasteiger charge is -2.23. The number of hydrogen-bond donors (Lipinski definition) is 3. The highest BCUT2D eigenvalue weighted by molar-refractivity contribution is 7.89. The SMILES string of the molecule is COCCNS(=O)(=O)c1cccc(CN=C(N)NC2CCCCC2)c1. The fraction of sp³-hybridized carbons (Fsp3) is 0.588. The van der Waals surface area contributed by atoms with Gasteiger partial charge in [-0.3, -0.25) is 0 Å². The highest BCUT2D eigenvalue weighted by atomic mass is 32.2. The van der Waals surface area contributed by atoms with Crippen LogP contribution in [0.2, 0.25) is 0 Å². The Balaban J connectivity index is 1.95. The quantitative estimate of drug-likeness (QED) is 0.365. The summed E-state index contributed by atoms with van der Waals surface area (Å²) in [6.07, 6.45) is 5.98. The zero-order valence-electron chi connectivity index (χ0n) is 14.7. The minimum atomic E-state index is -3.54. The Bertz CT molecular complexity index is 670. The van der Waals surface area contributed by atoms with Crippen LogP contribution in [0.15, 0.2) is 34.2 Å². The van der Waals surface area contributed by atoms with Crippen molar-refractivity contribution < 1.29 is 13.2 Å². The highest BCUT2D eigenvalue weighted by Gasteiger charge is 2.14. The van der Waals surface area contributed by atoms with Gasteiger partial charge >= 0.3 is 0 Å². The first-order chi connectivity index (χ1) is 12.0. The van der Waals surface area contributed by atoms with E-state index in [0.717, 1.165) is 18.4 Å². The molecule has 1 saturated carbocycles. The van der Waals surface area contributed by atoms with Gasteiger partial charge in [-0.15, -0.1) is 0 Å². The van der Waals surface area contributed by atoms with Crippen LogP contribution >= 0.6 is 0 Å². The average molecular weight is 369 g/mol. The lowest BCUT2D eigenvalue weighted by Crippen LogP contribution is -2.41. The fourth-order valence-corrected chi connectivity index (χ4v) is 3.93. The lowest BCUT2D eigenvalue weighted by atomic mass is 9.96. The van der Waals surface area contributed by atoms with E-state index in [1.165, 1.54) is 26.4 Å². The Hall–Kier alpha value is -1.64. The molecule has 1 aromatic carbocycles. The van der Waals surface area contributed by atoms with Crippen LogP contribution < -0.4 is 15.8 Å². The maximum atomic E-state index is 12.2. The number of guanidine groups is 1. The van der Waals surface area contributed by atoms with Gasteiger partial charge in [-0.05, 0) is 30.5 Å². The zero-order valence-corrected chi connectivity index (χ0v) is 15.5. The average Bonchev–Trinajstić information content (AvgIpc) is 2.61. The topological polar surface area (TPSA) is 106 Å². The van der Waals surface area contributed by atoms with Gasteiger partial charge in [0.15, 0.2) is 5.96 Å². The number of nitrogens with one attached hydrogen (secondary N) is 2. The van der Waals surface area contributed by atoms with E-state index in [2.05, 4.69) is 15.0 Å². The highest BCUT2D eigenvalue weighted by Crippen LogP contribution is 2.17. The van der Waals surface area contributed by atoms with Crippen molar-refractivity contribution in [2.45, 2.75) is 49.6 Å². The van der Waals surface area contributed by atoms with Crippen molar-refractivity contribution in [1.29, 1.82) is 0 Å². The summed E-state index contributed by atoms with van der Waals surface area (Å²) in [7, 11) is -2.02. The van der Waals surface area contributed by atoms with E-state index < -0.39 is 10.0 Å². The molecule has 1 aliphatic carbocycles. The van der Waals surface area contributed by atoms with Crippen molar-refractivity contribution in [1.82, 2.24) is 10.0 Å². The third-order valence-electron chi connectivity index (χ3n) is 4.20. The Labute approximate surface area is 150 Å². The van der Waals surface area contributed by atoms with Gasteiger partial charge in [0, 0.05) is 19.7 Å². The van der Waals surface area contributed by atoms with Crippen molar-refractivity contribution in [3.8, 4) is 0 Å². The van der Waals surface area contributed by atoms with Crippen LogP contribution in [0, 0.1) is 0 Å². The number of methoxy groups -OCH3 is 1. The smallest absolute Gasteiger partial charge is 0.240 e. The van der Waals surface area contributed by atoms with E-state index in [9.17, 15) is 8.42 Å². The van der Waals surface area contributed by atoms with Crippen molar-refractivity contribution in [3.63, 3.8) is 0 Å². The van der Waals surface area contributed by atoms with Crippen LogP contribution in [0.3, 0.4) is 0 Å². The molecule has 7 nitrogen and oxygen atoms in total. The van der Waals surface area contributed by atoms with E-state index in [4.69, 9.17) is 10.5 Å². The van der Waals surface area contributed by atoms with E-state index in [1.54, 1.807) is 18.2 Å². The molecule has 4 N–H and O–H groups in total. The molecular weight excluding hydrogens is 340 g/mol. The number of nitrogens with zero attached hydrogens (tertiary/aromatic N) is 1. The zero-order chi connectivity index (χ0) is 18.1. The van der Waals surface area contributed by atoms with Crippen molar-refractivity contribution >= 4 is 16.0 Å². The van der Waals surface area contributed by atoms with Gasteiger partial charge in [-0.2, -0.15) is 0 Å². The van der Waals surface area contributed by atoms with Crippen LogP contribution in [-0.4, -0.2) is 40.7 Å². The van der Waals surface area contributed by atoms with Crippen molar-refractivity contribution in [2.24, 2.45) is 10.7 Å². The molecule has 0 heterocycles. The van der Waals surface area contributed by atoms with Gasteiger partial charge < -0.3 is 15.8 Å². The predicted molar refractivity (Wildman–Crippen MR) is 98.8 cm³/mol. The number of aliphatic imine (C=N–C) groups is 1. The van der Waals surface area contributed by atoms with Gasteiger partial charge in [-0.25, -0.2) is 18.1 Å². The first-order valence-corrected chi connectivity index (χ1v) is 10.1. The number of nitrogens with two attached hydrogens (primary N) is 1. The molecule has 1 fully saturated rings. The second-order valence-corrected chi connectivity index (χ2v) is 7.99. The minimum absolute atomic E-state index is 0.218. The molecule has 0 amide bonds. The monoisotopic (exact) mass is 368 g/mol. The number of benzene rings is 1. The Morgan fingerprint density at radius 3 is 2.80 bits per heavy atom. The van der Waals surface area contributed by atoms with Crippen LogP contribution in [0.5, 0.6) is 0 Å². The molecule has 2 rings (SSSR count). The molecule has 1 aliphatic rings. The Morgan fingerprint density at radius 2 is 2.08 bits per heavy atom. The summed E-state index contributed by atoms with van der Waals surface area (Å²) in [6, 6.07) is 7.12. The van der Waals surface area contributed by atoms with Gasteiger partial charge in [0.05, 0.1) is 18.0 Å². The van der Waals surface area contributed by atoms with E-state index in [-0.39, 0.29) is 11.4 Å². The number of hydrogen-bond acceptors (Lipinski definition) is 4. The lowest BCUT2D eigenvalue weighted by molar-refractivity contribution is 0.204. The van der Waals surface area contributed by atoms with Crippen LogP contribution in [0.1, 0.15) is 37.7 Å². The van der Waals surface area contributed by atoms with Crippen molar-refractivity contribution in [3.05, 3.63) is 29.8 Å². The Kier molecular flexibility index (Phi) is 7.67. The minimum Gasteiger partial charge on any atom is -0.383 e. The molecule has 0 aliphatic heterocycles. The van der Waals surface area contributed by atoms with Gasteiger partial charge in [-0.1, -0.05) is 31.4 Å². The third-order valence-corrected chi connectivity index (χ3v) is 5.65. The summed E-state index contributed by atoms with van der Waals surface area (Å²) in [5.41, 5.74) is 6.75. The number of sulfonamides is 1. The van der Waals surface area contributed by atoms with Crippen LogP contribution in [0.4, 0.5) is 0 Å². The molecule has 0 bridgehead atoms. The van der Waals surface area contributed by atoms with Crippen molar-refractivity contribution in [2.75, 3.05) is 20.3 Å². The molecule has 0 aromatic heterocycles. The number of ether oxygens (including phenoxy) is 1. The Morgan fingerprint density at radius 1 is 1.32 bits per heavy atom. The summed E-state index contributed by atoms with van der Waals surface area (Å²) in [4.78, 5) is 4.55. The first-order valence-electron chi connectivity index (χ1n) is 8.65. The predicted octanol–water partition coefficient (Wildman–Crippen LogP) is 1.35. The molecule has 0 unspecified atom stereocenters. The van der Waals surface area contributed by atoms with Gasteiger partial charge in [0.1, 0.15) is 0 Å². The summed E-state index contributed by atoms with van der Waals surface area (Å²) < 4.78 is 31.8. The second kappa shape index (κ2) is 9.74. The van der Waals surface area contributed by atoms with Crippen LogP contribution in [-0.2, 0) is 21.3 Å². The second-order valence-electron chi connectivity index (χ2n) is 6.22. The summed E-state index contributed by atoms with van der Waals surface area (Å²) in [6.45, 7) is 0.902. The van der Waals surface area contributed by atoms with Gasteiger partial charge in [0.25, 0.3) is 0 Å². The van der Waals surface area contributed by atoms with E-state index in [1.807, 2.05) is 6.07 Å². The fourth-order valence-electron chi connectivity index (χ4n) is 2.85. The summed E-state index contributed by atoms with van der Waals surface area (Å²) in [5, 5.41) is 3.25. The maximum Gasteiger partial charge on any atom is 0.240 e. The molecule has 8 heteroatoms. The maximum absolute atomic E-state index is 12.2. The molecular formula is C17H28N4O3S. The molecule has 0 radical (unpaired) electrons. The normalized spacial score (nSPS) is 16.8. The molecule has 0 saturated heterocycles. The molecule has 25 heavy (non-hydrogen) atoms. The van der Waals surface area contributed by atoms with E-state index in [0.29, 0.717) is 25.2 Å². The summed E-state index contributed by atoms with van der Waals surface area (Å²) in [5.74, 6) is 0.415. The molecule has 0 spiro atoms. The largest absolute Gasteiger partial charge is 0.383 e. The first kappa shape index (κ1) is 19.7. The number of rotatable bonds is 8. The molecule has 1 aromatic rings. The van der Waals surface area contributed by atoms with Gasteiger partial charge in [0.2, 0.25) is 10.0 Å². The third kappa shape index (κ3) is 6.64. The summed E-state index contributed by atoms with van der Waals surface area (Å²) >= 11 is 0. The van der Waals surface area contributed by atoms with Crippen LogP contribution in [0.25, 0.3) is 0 Å². The van der Waals surface area contributed by atoms with E-state index >= 15 is 0 Å². The molecule has 140 valence electrons.